The number of rotatable bonds is 3. The van der Waals surface area contributed by atoms with E-state index in [4.69, 9.17) is 0 Å². The predicted octanol–water partition coefficient (Wildman–Crippen LogP) is 11.4. The van der Waals surface area contributed by atoms with E-state index in [0.29, 0.717) is 0 Å². The zero-order chi connectivity index (χ0) is 25.8. The molecule has 0 atom stereocenters. The summed E-state index contributed by atoms with van der Waals surface area (Å²) in [5, 5.41) is 7.81. The first-order valence-electron chi connectivity index (χ1n) is 13.4. The fraction of sp³-hybridized carbons (Fsp3) is 0. The highest BCUT2D eigenvalue weighted by atomic mass is 32.1. The Labute approximate surface area is 231 Å². The summed E-state index contributed by atoms with van der Waals surface area (Å²) in [5.74, 6) is 0. The Morgan fingerprint density at radius 3 is 1.46 bits per heavy atom. The summed E-state index contributed by atoms with van der Waals surface area (Å²) in [4.78, 5) is 0. The van der Waals surface area contributed by atoms with E-state index in [1.54, 1.807) is 0 Å². The van der Waals surface area contributed by atoms with E-state index in [2.05, 4.69) is 146 Å². The molecule has 0 amide bonds. The Hall–Kier alpha value is -4.72. The van der Waals surface area contributed by atoms with Crippen LogP contribution >= 0.6 is 11.3 Å². The van der Waals surface area contributed by atoms with Gasteiger partial charge in [-0.15, -0.1) is 11.3 Å². The number of benzene rings is 7. The zero-order valence-electron chi connectivity index (χ0n) is 21.3. The van der Waals surface area contributed by atoms with Gasteiger partial charge in [-0.2, -0.15) is 0 Å². The summed E-state index contributed by atoms with van der Waals surface area (Å²) in [6.07, 6.45) is 0. The van der Waals surface area contributed by atoms with Gasteiger partial charge in [0.15, 0.2) is 0 Å². The molecule has 0 N–H and O–H groups in total. The average Bonchev–Trinajstić information content (AvgIpc) is 3.38. The summed E-state index contributed by atoms with van der Waals surface area (Å²) in [6, 6.07) is 53.2. The van der Waals surface area contributed by atoms with Crippen molar-refractivity contribution >= 4 is 53.1 Å². The molecular formula is C38H24S. The van der Waals surface area contributed by atoms with E-state index in [1.165, 1.54) is 75.1 Å². The quantitative estimate of drug-likeness (QED) is 0.207. The molecule has 0 aliphatic heterocycles. The second kappa shape index (κ2) is 8.94. The van der Waals surface area contributed by atoms with Gasteiger partial charge in [-0.05, 0) is 79.2 Å². The van der Waals surface area contributed by atoms with Gasteiger partial charge in [0, 0.05) is 20.2 Å². The van der Waals surface area contributed by atoms with Gasteiger partial charge in [0.05, 0.1) is 0 Å². The molecule has 0 unspecified atom stereocenters. The Morgan fingerprint density at radius 2 is 0.769 bits per heavy atom. The largest absolute Gasteiger partial charge is 0.135 e. The second-order valence-electron chi connectivity index (χ2n) is 10.1. The summed E-state index contributed by atoms with van der Waals surface area (Å²) in [6.45, 7) is 0. The third-order valence-electron chi connectivity index (χ3n) is 7.86. The molecule has 1 heterocycles. The molecule has 1 heteroatoms. The molecule has 0 radical (unpaired) electrons. The van der Waals surface area contributed by atoms with Gasteiger partial charge < -0.3 is 0 Å². The molecule has 0 spiro atoms. The van der Waals surface area contributed by atoms with E-state index in [1.807, 2.05) is 11.3 Å². The van der Waals surface area contributed by atoms with Gasteiger partial charge in [0.1, 0.15) is 0 Å². The van der Waals surface area contributed by atoms with Crippen LogP contribution in [0.5, 0.6) is 0 Å². The monoisotopic (exact) mass is 512 g/mol. The van der Waals surface area contributed by atoms with Crippen LogP contribution in [-0.2, 0) is 0 Å². The van der Waals surface area contributed by atoms with Crippen molar-refractivity contribution in [1.29, 1.82) is 0 Å². The maximum atomic E-state index is 2.37. The number of thiophene rings is 1. The van der Waals surface area contributed by atoms with Crippen molar-refractivity contribution in [2.45, 2.75) is 0 Å². The molecule has 0 saturated carbocycles. The van der Waals surface area contributed by atoms with E-state index in [0.717, 1.165) is 0 Å². The van der Waals surface area contributed by atoms with E-state index in [9.17, 15) is 0 Å². The molecule has 0 nitrogen and oxygen atoms in total. The fourth-order valence-corrected chi connectivity index (χ4v) is 7.20. The molecule has 39 heavy (non-hydrogen) atoms. The minimum atomic E-state index is 1.24. The normalized spacial score (nSPS) is 11.6. The Bertz CT molecular complexity index is 2110. The van der Waals surface area contributed by atoms with Crippen LogP contribution in [-0.4, -0.2) is 0 Å². The Balaban J connectivity index is 1.38. The van der Waals surface area contributed by atoms with Crippen LogP contribution in [0.1, 0.15) is 0 Å². The first kappa shape index (κ1) is 22.3. The molecule has 0 fully saturated rings. The summed E-state index contributed by atoms with van der Waals surface area (Å²) in [5.41, 5.74) is 7.59. The first-order chi connectivity index (χ1) is 19.3. The van der Waals surface area contributed by atoms with Crippen molar-refractivity contribution in [3.05, 3.63) is 146 Å². The van der Waals surface area contributed by atoms with Crippen molar-refractivity contribution < 1.29 is 0 Å². The number of hydrogen-bond donors (Lipinski definition) is 0. The van der Waals surface area contributed by atoms with Crippen molar-refractivity contribution in [1.82, 2.24) is 0 Å². The first-order valence-corrected chi connectivity index (χ1v) is 14.2. The number of hydrogen-bond acceptors (Lipinski definition) is 1. The van der Waals surface area contributed by atoms with Crippen LogP contribution in [0.25, 0.3) is 75.1 Å². The van der Waals surface area contributed by atoms with Gasteiger partial charge in [-0.1, -0.05) is 121 Å². The SMILES string of the molecule is c1ccc(-c2c3ccccc3c(-c3cccc(-c4ccc5sc6ccccc6c5c4)c3)c3ccccc23)cc1. The maximum Gasteiger partial charge on any atom is 0.0355 e. The zero-order valence-corrected chi connectivity index (χ0v) is 22.1. The highest BCUT2D eigenvalue weighted by Crippen LogP contribution is 2.44. The van der Waals surface area contributed by atoms with Crippen LogP contribution in [0.15, 0.2) is 146 Å². The van der Waals surface area contributed by atoms with Gasteiger partial charge in [-0.3, -0.25) is 0 Å². The molecule has 1 aromatic heterocycles. The minimum Gasteiger partial charge on any atom is -0.135 e. The molecular weight excluding hydrogens is 488 g/mol. The van der Waals surface area contributed by atoms with Crippen LogP contribution in [0.2, 0.25) is 0 Å². The lowest BCUT2D eigenvalue weighted by Crippen LogP contribution is -1.91. The Kier molecular flexibility index (Phi) is 5.11. The van der Waals surface area contributed by atoms with Gasteiger partial charge in [0.25, 0.3) is 0 Å². The topological polar surface area (TPSA) is 0 Å². The molecule has 0 saturated heterocycles. The van der Waals surface area contributed by atoms with Crippen molar-refractivity contribution in [3.8, 4) is 33.4 Å². The maximum absolute atomic E-state index is 2.37. The lowest BCUT2D eigenvalue weighted by molar-refractivity contribution is 1.63. The lowest BCUT2D eigenvalue weighted by atomic mass is 9.85. The standard InChI is InChI=1S/C38H24S/c1-2-11-25(12-3-1)37-30-16-4-6-18-32(30)38(33-19-7-5-17-31(33)37)28-14-10-13-26(23-28)27-21-22-36-34(24-27)29-15-8-9-20-35(29)39-36/h1-24H. The summed E-state index contributed by atoms with van der Waals surface area (Å²) >= 11 is 1.87. The summed E-state index contributed by atoms with van der Waals surface area (Å²) in [7, 11) is 0. The van der Waals surface area contributed by atoms with Crippen LogP contribution < -0.4 is 0 Å². The van der Waals surface area contributed by atoms with Gasteiger partial charge in [0.2, 0.25) is 0 Å². The van der Waals surface area contributed by atoms with Gasteiger partial charge >= 0.3 is 0 Å². The van der Waals surface area contributed by atoms with E-state index in [-0.39, 0.29) is 0 Å². The van der Waals surface area contributed by atoms with Crippen molar-refractivity contribution in [2.75, 3.05) is 0 Å². The lowest BCUT2D eigenvalue weighted by Gasteiger charge is -2.18. The van der Waals surface area contributed by atoms with Crippen LogP contribution in [0, 0.1) is 0 Å². The third-order valence-corrected chi connectivity index (χ3v) is 9.01. The van der Waals surface area contributed by atoms with Gasteiger partial charge in [-0.25, -0.2) is 0 Å². The summed E-state index contributed by atoms with van der Waals surface area (Å²) < 4.78 is 2.68. The smallest absolute Gasteiger partial charge is 0.0355 e. The predicted molar refractivity (Wildman–Crippen MR) is 171 cm³/mol. The Morgan fingerprint density at radius 1 is 0.282 bits per heavy atom. The highest BCUT2D eigenvalue weighted by molar-refractivity contribution is 7.25. The molecule has 182 valence electrons. The van der Waals surface area contributed by atoms with Crippen LogP contribution in [0.4, 0.5) is 0 Å². The molecule has 0 aliphatic carbocycles. The third kappa shape index (κ3) is 3.59. The molecule has 0 aliphatic rings. The molecule has 8 rings (SSSR count). The van der Waals surface area contributed by atoms with E-state index >= 15 is 0 Å². The van der Waals surface area contributed by atoms with Crippen molar-refractivity contribution in [2.24, 2.45) is 0 Å². The fourth-order valence-electron chi connectivity index (χ4n) is 6.12. The molecule has 0 bridgehead atoms. The molecule has 7 aromatic carbocycles. The van der Waals surface area contributed by atoms with Crippen molar-refractivity contribution in [3.63, 3.8) is 0 Å². The number of fused-ring (bicyclic) bond motifs is 5. The average molecular weight is 513 g/mol. The van der Waals surface area contributed by atoms with Crippen LogP contribution in [0.3, 0.4) is 0 Å². The second-order valence-corrected chi connectivity index (χ2v) is 11.2. The molecule has 8 aromatic rings. The highest BCUT2D eigenvalue weighted by Gasteiger charge is 2.16. The van der Waals surface area contributed by atoms with E-state index < -0.39 is 0 Å². The minimum absolute atomic E-state index is 1.24.